The number of halogens is 3. The number of benzene rings is 3. The van der Waals surface area contributed by atoms with Gasteiger partial charge in [0.1, 0.15) is 0 Å². The lowest BCUT2D eigenvalue weighted by molar-refractivity contribution is 0.102. The maximum absolute atomic E-state index is 13.3. The summed E-state index contributed by atoms with van der Waals surface area (Å²) in [7, 11) is -4.11. The van der Waals surface area contributed by atoms with E-state index in [0.29, 0.717) is 17.3 Å². The van der Waals surface area contributed by atoms with Gasteiger partial charge in [-0.2, -0.15) is 0 Å². The van der Waals surface area contributed by atoms with Gasteiger partial charge in [0.15, 0.2) is 11.6 Å². The second kappa shape index (κ2) is 8.30. The van der Waals surface area contributed by atoms with Crippen molar-refractivity contribution < 1.29 is 22.0 Å². The molecule has 0 spiro atoms. The average molecular weight is 481 g/mol. The van der Waals surface area contributed by atoms with Gasteiger partial charge < -0.3 is 5.32 Å². The minimum absolute atomic E-state index is 0.171. The summed E-state index contributed by atoms with van der Waals surface area (Å²) in [6, 6.07) is 13.5. The van der Waals surface area contributed by atoms with Gasteiger partial charge in [0.25, 0.3) is 15.9 Å². The van der Waals surface area contributed by atoms with Crippen LogP contribution in [-0.2, 0) is 10.0 Å². The number of anilines is 2. The van der Waals surface area contributed by atoms with Crippen LogP contribution in [0.3, 0.4) is 0 Å². The molecular weight excluding hydrogens is 466 g/mol. The number of carbonyl (C=O) groups excluding carboxylic acids is 1. The number of hydrogen-bond acceptors (Lipinski definition) is 3. The minimum Gasteiger partial charge on any atom is -0.322 e. The number of aryl methyl sites for hydroxylation is 1. The highest BCUT2D eigenvalue weighted by Gasteiger charge is 2.17. The molecular formula is C20H15BrF2N2O3S. The van der Waals surface area contributed by atoms with Gasteiger partial charge in [0.05, 0.1) is 4.90 Å². The fourth-order valence-electron chi connectivity index (χ4n) is 2.47. The third-order valence-corrected chi connectivity index (χ3v) is 5.92. The Morgan fingerprint density at radius 1 is 0.931 bits per heavy atom. The summed E-state index contributed by atoms with van der Waals surface area (Å²) >= 11 is 3.35. The molecule has 0 unspecified atom stereocenters. The maximum Gasteiger partial charge on any atom is 0.261 e. The fourth-order valence-corrected chi connectivity index (χ4v) is 3.90. The van der Waals surface area contributed by atoms with E-state index in [1.54, 1.807) is 6.07 Å². The molecule has 9 heteroatoms. The molecule has 0 aliphatic heterocycles. The Morgan fingerprint density at radius 2 is 1.62 bits per heavy atom. The molecule has 150 valence electrons. The highest BCUT2D eigenvalue weighted by atomic mass is 79.9. The lowest BCUT2D eigenvalue weighted by atomic mass is 10.1. The maximum atomic E-state index is 13.3. The Bertz CT molecular complexity index is 1180. The van der Waals surface area contributed by atoms with E-state index in [9.17, 15) is 22.0 Å². The third-order valence-electron chi connectivity index (χ3n) is 4.05. The van der Waals surface area contributed by atoms with Gasteiger partial charge in [-0.3, -0.25) is 9.52 Å². The van der Waals surface area contributed by atoms with Crippen molar-refractivity contribution in [3.8, 4) is 0 Å². The first-order valence-corrected chi connectivity index (χ1v) is 10.6. The fraction of sp³-hybridized carbons (Fsp3) is 0.0500. The first-order chi connectivity index (χ1) is 13.7. The molecule has 5 nitrogen and oxygen atoms in total. The van der Waals surface area contributed by atoms with Gasteiger partial charge in [-0.05, 0) is 67.1 Å². The molecule has 3 rings (SSSR count). The van der Waals surface area contributed by atoms with Crippen LogP contribution in [0, 0.1) is 18.6 Å². The zero-order valence-corrected chi connectivity index (χ0v) is 17.4. The summed E-state index contributed by atoms with van der Waals surface area (Å²) in [4.78, 5) is 12.0. The Morgan fingerprint density at radius 3 is 2.28 bits per heavy atom. The van der Waals surface area contributed by atoms with Gasteiger partial charge in [0, 0.05) is 21.4 Å². The van der Waals surface area contributed by atoms with Crippen molar-refractivity contribution in [2.75, 3.05) is 10.0 Å². The van der Waals surface area contributed by atoms with Gasteiger partial charge in [-0.25, -0.2) is 17.2 Å². The van der Waals surface area contributed by atoms with E-state index >= 15 is 0 Å². The molecule has 0 aliphatic carbocycles. The third kappa shape index (κ3) is 4.99. The topological polar surface area (TPSA) is 75.3 Å². The SMILES string of the molecule is Cc1ccc(Br)cc1NC(=O)c1ccc(NS(=O)(=O)c2ccc(F)c(F)c2)cc1. The molecule has 1 amide bonds. The highest BCUT2D eigenvalue weighted by Crippen LogP contribution is 2.22. The molecule has 0 radical (unpaired) electrons. The van der Waals surface area contributed by atoms with Gasteiger partial charge in [0.2, 0.25) is 0 Å². The Labute approximate surface area is 174 Å². The van der Waals surface area contributed by atoms with Crippen molar-refractivity contribution in [2.24, 2.45) is 0 Å². The van der Waals surface area contributed by atoms with Crippen molar-refractivity contribution in [1.29, 1.82) is 0 Å². The van der Waals surface area contributed by atoms with E-state index in [1.807, 2.05) is 19.1 Å². The van der Waals surface area contributed by atoms with Crippen LogP contribution in [-0.4, -0.2) is 14.3 Å². The van der Waals surface area contributed by atoms with E-state index in [1.165, 1.54) is 24.3 Å². The molecule has 3 aromatic carbocycles. The van der Waals surface area contributed by atoms with Crippen molar-refractivity contribution >= 4 is 43.2 Å². The first kappa shape index (κ1) is 20.9. The number of carbonyl (C=O) groups is 1. The second-order valence-corrected chi connectivity index (χ2v) is 8.77. The molecule has 0 heterocycles. The molecule has 0 aromatic heterocycles. The Hall–Kier alpha value is -2.78. The standard InChI is InChI=1S/C20H15BrF2N2O3S/c1-12-2-5-14(21)10-19(12)24-20(26)13-3-6-15(7-4-13)25-29(27,28)16-8-9-17(22)18(23)11-16/h2-11,25H,1H3,(H,24,26). The van der Waals surface area contributed by atoms with Gasteiger partial charge in [-0.1, -0.05) is 22.0 Å². The number of rotatable bonds is 5. The van der Waals surface area contributed by atoms with E-state index < -0.39 is 26.6 Å². The second-order valence-electron chi connectivity index (χ2n) is 6.17. The van der Waals surface area contributed by atoms with Crippen LogP contribution in [0.4, 0.5) is 20.2 Å². The summed E-state index contributed by atoms with van der Waals surface area (Å²) in [5, 5.41) is 2.79. The lowest BCUT2D eigenvalue weighted by Crippen LogP contribution is -2.15. The number of hydrogen-bond donors (Lipinski definition) is 2. The summed E-state index contributed by atoms with van der Waals surface area (Å²) in [5.74, 6) is -2.76. The molecule has 0 saturated carbocycles. The van der Waals surface area contributed by atoms with Gasteiger partial charge >= 0.3 is 0 Å². The monoisotopic (exact) mass is 480 g/mol. The smallest absolute Gasteiger partial charge is 0.261 e. The van der Waals surface area contributed by atoms with E-state index in [-0.39, 0.29) is 11.6 Å². The van der Waals surface area contributed by atoms with Gasteiger partial charge in [-0.15, -0.1) is 0 Å². The summed E-state index contributed by atoms with van der Waals surface area (Å²) < 4.78 is 54.0. The normalized spacial score (nSPS) is 11.2. The summed E-state index contributed by atoms with van der Waals surface area (Å²) in [6.07, 6.45) is 0. The Balaban J connectivity index is 1.75. The molecule has 0 bridgehead atoms. The van der Waals surface area contributed by atoms with E-state index in [2.05, 4.69) is 26.0 Å². The van der Waals surface area contributed by atoms with Crippen LogP contribution in [0.1, 0.15) is 15.9 Å². The predicted octanol–water partition coefficient (Wildman–Crippen LogP) is 5.09. The number of sulfonamides is 1. The molecule has 0 fully saturated rings. The molecule has 3 aromatic rings. The number of amides is 1. The molecule has 2 N–H and O–H groups in total. The highest BCUT2D eigenvalue weighted by molar-refractivity contribution is 9.10. The minimum atomic E-state index is -4.11. The zero-order valence-electron chi connectivity index (χ0n) is 15.0. The van der Waals surface area contributed by atoms with Crippen molar-refractivity contribution in [3.63, 3.8) is 0 Å². The van der Waals surface area contributed by atoms with Crippen LogP contribution in [0.25, 0.3) is 0 Å². The lowest BCUT2D eigenvalue weighted by Gasteiger charge is -2.11. The Kier molecular flexibility index (Phi) is 5.99. The van der Waals surface area contributed by atoms with E-state index in [4.69, 9.17) is 0 Å². The van der Waals surface area contributed by atoms with E-state index in [0.717, 1.165) is 22.2 Å². The van der Waals surface area contributed by atoms with Crippen molar-refractivity contribution in [3.05, 3.63) is 87.9 Å². The number of nitrogens with one attached hydrogen (secondary N) is 2. The molecule has 0 saturated heterocycles. The van der Waals surface area contributed by atoms with Crippen molar-refractivity contribution in [1.82, 2.24) is 0 Å². The average Bonchev–Trinajstić information content (AvgIpc) is 2.67. The summed E-state index contributed by atoms with van der Waals surface area (Å²) in [5.41, 5.74) is 2.02. The van der Waals surface area contributed by atoms with Crippen LogP contribution >= 0.6 is 15.9 Å². The van der Waals surface area contributed by atoms with Crippen LogP contribution in [0.5, 0.6) is 0 Å². The molecule has 0 aliphatic rings. The van der Waals surface area contributed by atoms with Crippen LogP contribution in [0.2, 0.25) is 0 Å². The predicted molar refractivity (Wildman–Crippen MR) is 110 cm³/mol. The largest absolute Gasteiger partial charge is 0.322 e. The first-order valence-electron chi connectivity index (χ1n) is 8.31. The van der Waals surface area contributed by atoms with Crippen molar-refractivity contribution in [2.45, 2.75) is 11.8 Å². The molecule has 29 heavy (non-hydrogen) atoms. The summed E-state index contributed by atoms with van der Waals surface area (Å²) in [6.45, 7) is 1.86. The molecule has 0 atom stereocenters. The quantitative estimate of drug-likeness (QED) is 0.533. The van der Waals surface area contributed by atoms with Crippen LogP contribution in [0.15, 0.2) is 70.0 Å². The zero-order chi connectivity index (χ0) is 21.2. The van der Waals surface area contributed by atoms with Crippen LogP contribution < -0.4 is 10.0 Å².